The minimum atomic E-state index is -1.21. The molecule has 1 aliphatic heterocycles. The highest BCUT2D eigenvalue weighted by molar-refractivity contribution is 5.94. The fraction of sp³-hybridized carbons (Fsp3) is 0.577. The molecule has 14 heteroatoms. The monoisotopic (exact) mass is 562 g/mol. The molecule has 4 unspecified atom stereocenters. The summed E-state index contributed by atoms with van der Waals surface area (Å²) < 4.78 is 0. The number of aliphatic imine (C=N–C) groups is 1. The van der Waals surface area contributed by atoms with Crippen LogP contribution in [0.3, 0.4) is 0 Å². The molecule has 1 fully saturated rings. The van der Waals surface area contributed by atoms with Gasteiger partial charge in [0.2, 0.25) is 17.7 Å². The number of rotatable bonds is 16. The Balaban J connectivity index is 2.15. The molecule has 1 aliphatic rings. The maximum atomic E-state index is 13.7. The van der Waals surface area contributed by atoms with Gasteiger partial charge in [0.25, 0.3) is 0 Å². The minimum absolute atomic E-state index is 0.0557. The van der Waals surface area contributed by atoms with Crippen LogP contribution in [0.1, 0.15) is 50.5 Å². The van der Waals surface area contributed by atoms with Gasteiger partial charge in [-0.25, -0.2) is 4.79 Å². The van der Waals surface area contributed by atoms with Crippen LogP contribution in [0.2, 0.25) is 0 Å². The van der Waals surface area contributed by atoms with Gasteiger partial charge in [-0.1, -0.05) is 18.6 Å². The zero-order valence-electron chi connectivity index (χ0n) is 22.6. The number of amides is 3. The van der Waals surface area contributed by atoms with E-state index in [-0.39, 0.29) is 37.6 Å². The second-order valence-corrected chi connectivity index (χ2v) is 9.86. The lowest BCUT2D eigenvalue weighted by Crippen LogP contribution is -2.57. The molecule has 40 heavy (non-hydrogen) atoms. The zero-order valence-corrected chi connectivity index (χ0v) is 22.6. The Morgan fingerprint density at radius 1 is 1.02 bits per heavy atom. The fourth-order valence-corrected chi connectivity index (χ4v) is 4.52. The lowest BCUT2D eigenvalue weighted by atomic mass is 10.0. The standard InChI is InChI=1S/C26H42N8O6/c27-12-2-1-5-18(28)22(36)33-20(15-16-8-10-17(35)11-9-16)24(38)34-14-4-7-21(34)23(37)32-19(25(39)40)6-3-13-31-26(29)30/h8-11,18-21,35H,1-7,12-15,27-28H2,(H,32,37)(H,33,36)(H,39,40)(H4,29,30,31). The number of carboxylic acids is 1. The number of nitrogens with zero attached hydrogens (tertiary/aromatic N) is 2. The first-order chi connectivity index (χ1) is 19.0. The topological polar surface area (TPSA) is 252 Å². The van der Waals surface area contributed by atoms with E-state index in [0.29, 0.717) is 50.6 Å². The highest BCUT2D eigenvalue weighted by Crippen LogP contribution is 2.21. The van der Waals surface area contributed by atoms with Crippen LogP contribution in [0, 0.1) is 0 Å². The van der Waals surface area contributed by atoms with Gasteiger partial charge >= 0.3 is 5.97 Å². The van der Waals surface area contributed by atoms with Crippen LogP contribution < -0.4 is 33.6 Å². The molecule has 1 aromatic rings. The highest BCUT2D eigenvalue weighted by atomic mass is 16.4. The van der Waals surface area contributed by atoms with E-state index >= 15 is 0 Å². The predicted molar refractivity (Wildman–Crippen MR) is 149 cm³/mol. The van der Waals surface area contributed by atoms with Crippen LogP contribution in [-0.4, -0.2) is 88.6 Å². The fourth-order valence-electron chi connectivity index (χ4n) is 4.52. The molecule has 0 aromatic heterocycles. The number of nitrogens with one attached hydrogen (secondary N) is 2. The molecule has 1 heterocycles. The Hall–Kier alpha value is -3.91. The largest absolute Gasteiger partial charge is 0.508 e. The smallest absolute Gasteiger partial charge is 0.326 e. The van der Waals surface area contributed by atoms with Gasteiger partial charge in [0, 0.05) is 19.5 Å². The number of benzene rings is 1. The number of phenolic OH excluding ortho intramolecular Hbond substituents is 1. The molecule has 0 radical (unpaired) electrons. The molecule has 1 aromatic carbocycles. The van der Waals surface area contributed by atoms with Crippen molar-refractivity contribution in [1.29, 1.82) is 0 Å². The number of carbonyl (C=O) groups excluding carboxylic acids is 3. The van der Waals surface area contributed by atoms with Gasteiger partial charge in [0.15, 0.2) is 5.96 Å². The molecule has 4 atom stereocenters. The molecule has 2 rings (SSSR count). The number of nitrogens with two attached hydrogens (primary N) is 4. The molecule has 12 N–H and O–H groups in total. The van der Waals surface area contributed by atoms with Gasteiger partial charge in [-0.15, -0.1) is 0 Å². The van der Waals surface area contributed by atoms with Crippen LogP contribution in [0.5, 0.6) is 5.75 Å². The summed E-state index contributed by atoms with van der Waals surface area (Å²) in [5, 5.41) is 24.5. The number of carbonyl (C=O) groups is 4. The van der Waals surface area contributed by atoms with E-state index in [9.17, 15) is 29.4 Å². The maximum absolute atomic E-state index is 13.7. The number of phenols is 1. The number of carboxylic acid groups (broad SMARTS) is 1. The third-order valence-corrected chi connectivity index (χ3v) is 6.70. The number of hydrogen-bond acceptors (Lipinski definition) is 8. The van der Waals surface area contributed by atoms with Crippen LogP contribution in [0.15, 0.2) is 29.3 Å². The van der Waals surface area contributed by atoms with Crippen LogP contribution >= 0.6 is 0 Å². The lowest BCUT2D eigenvalue weighted by molar-refractivity contribution is -0.145. The first-order valence-electron chi connectivity index (χ1n) is 13.5. The molecule has 0 spiro atoms. The summed E-state index contributed by atoms with van der Waals surface area (Å²) in [4.78, 5) is 56.6. The number of unbranched alkanes of at least 4 members (excludes halogenated alkanes) is 1. The van der Waals surface area contributed by atoms with Gasteiger partial charge in [0.1, 0.15) is 23.9 Å². The third-order valence-electron chi connectivity index (χ3n) is 6.70. The van der Waals surface area contributed by atoms with Crippen molar-refractivity contribution in [2.45, 2.75) is 75.5 Å². The van der Waals surface area contributed by atoms with Gasteiger partial charge in [-0.3, -0.25) is 19.4 Å². The van der Waals surface area contributed by atoms with Crippen molar-refractivity contribution in [2.24, 2.45) is 27.9 Å². The number of guanidine groups is 1. The van der Waals surface area contributed by atoms with E-state index in [4.69, 9.17) is 22.9 Å². The van der Waals surface area contributed by atoms with E-state index < -0.39 is 47.9 Å². The van der Waals surface area contributed by atoms with Gasteiger partial charge in [0.05, 0.1) is 6.04 Å². The number of hydrogen-bond donors (Lipinski definition) is 8. The lowest BCUT2D eigenvalue weighted by Gasteiger charge is -2.30. The van der Waals surface area contributed by atoms with Crippen LogP contribution in [-0.2, 0) is 25.6 Å². The van der Waals surface area contributed by atoms with Crippen molar-refractivity contribution in [3.63, 3.8) is 0 Å². The van der Waals surface area contributed by atoms with E-state index in [1.54, 1.807) is 12.1 Å². The molecule has 222 valence electrons. The summed E-state index contributed by atoms with van der Waals surface area (Å²) in [7, 11) is 0. The summed E-state index contributed by atoms with van der Waals surface area (Å²) in [5.74, 6) is -2.83. The Bertz CT molecular complexity index is 1030. The average Bonchev–Trinajstić information content (AvgIpc) is 3.40. The van der Waals surface area contributed by atoms with Gasteiger partial charge in [-0.2, -0.15) is 0 Å². The molecule has 0 saturated carbocycles. The number of aromatic hydroxyl groups is 1. The molecule has 14 nitrogen and oxygen atoms in total. The second kappa shape index (κ2) is 16.3. The van der Waals surface area contributed by atoms with Gasteiger partial charge < -0.3 is 48.7 Å². The van der Waals surface area contributed by atoms with Crippen molar-refractivity contribution in [3.8, 4) is 5.75 Å². The first-order valence-corrected chi connectivity index (χ1v) is 13.5. The first kappa shape index (κ1) is 32.3. The SMILES string of the molecule is NCCCCC(N)C(=O)NC(Cc1ccc(O)cc1)C(=O)N1CCCC1C(=O)NC(CCCN=C(N)N)C(=O)O. The van der Waals surface area contributed by atoms with E-state index in [0.717, 1.165) is 0 Å². The highest BCUT2D eigenvalue weighted by Gasteiger charge is 2.39. The van der Waals surface area contributed by atoms with Crippen molar-refractivity contribution < 1.29 is 29.4 Å². The number of likely N-dealkylation sites (tertiary alicyclic amines) is 1. The Morgan fingerprint density at radius 3 is 2.35 bits per heavy atom. The molecular formula is C26H42N8O6. The summed E-state index contributed by atoms with van der Waals surface area (Å²) in [6, 6.07) is 2.28. The molecule has 1 saturated heterocycles. The summed E-state index contributed by atoms with van der Waals surface area (Å²) >= 11 is 0. The van der Waals surface area contributed by atoms with Crippen LogP contribution in [0.4, 0.5) is 0 Å². The molecular weight excluding hydrogens is 520 g/mol. The Kier molecular flexibility index (Phi) is 13.1. The third kappa shape index (κ3) is 10.3. The van der Waals surface area contributed by atoms with Crippen molar-refractivity contribution in [3.05, 3.63) is 29.8 Å². The van der Waals surface area contributed by atoms with Crippen molar-refractivity contribution >= 4 is 29.7 Å². The Labute approximate surface area is 233 Å². The minimum Gasteiger partial charge on any atom is -0.508 e. The van der Waals surface area contributed by atoms with Crippen LogP contribution in [0.25, 0.3) is 0 Å². The van der Waals surface area contributed by atoms with E-state index in [1.807, 2.05) is 0 Å². The van der Waals surface area contributed by atoms with Crippen molar-refractivity contribution in [1.82, 2.24) is 15.5 Å². The van der Waals surface area contributed by atoms with Gasteiger partial charge in [-0.05, 0) is 62.8 Å². The average molecular weight is 563 g/mol. The molecule has 0 bridgehead atoms. The molecule has 0 aliphatic carbocycles. The summed E-state index contributed by atoms with van der Waals surface area (Å²) in [6.07, 6.45) is 3.18. The summed E-state index contributed by atoms with van der Waals surface area (Å²) in [5.41, 5.74) is 22.8. The van der Waals surface area contributed by atoms with E-state index in [1.165, 1.54) is 17.0 Å². The second-order valence-electron chi connectivity index (χ2n) is 9.86. The Morgan fingerprint density at radius 2 is 1.73 bits per heavy atom. The normalized spacial score (nSPS) is 16.9. The summed E-state index contributed by atoms with van der Waals surface area (Å²) in [6.45, 7) is 0.959. The molecule has 3 amide bonds. The van der Waals surface area contributed by atoms with Crippen molar-refractivity contribution in [2.75, 3.05) is 19.6 Å². The predicted octanol–water partition coefficient (Wildman–Crippen LogP) is -1.51. The van der Waals surface area contributed by atoms with E-state index in [2.05, 4.69) is 15.6 Å². The maximum Gasteiger partial charge on any atom is 0.326 e. The quantitative estimate of drug-likeness (QED) is 0.0656. The number of aliphatic carboxylic acids is 1. The zero-order chi connectivity index (χ0) is 29.7.